The number of ether oxygens (including phenoxy) is 1. The van der Waals surface area contributed by atoms with Crippen molar-refractivity contribution in [2.75, 3.05) is 24.7 Å². The Kier molecular flexibility index (Phi) is 5.07. The molecule has 4 rings (SSSR count). The normalized spacial score (nSPS) is 17.1. The van der Waals surface area contributed by atoms with Crippen LogP contribution in [0, 0.1) is 5.82 Å². The molecule has 0 spiro atoms. The minimum Gasteiger partial charge on any atom is -0.380 e. The first-order valence-corrected chi connectivity index (χ1v) is 9.64. The molecule has 0 radical (unpaired) electrons. The number of anilines is 1. The number of imidazole rings is 1. The minimum absolute atomic E-state index is 0.306. The summed E-state index contributed by atoms with van der Waals surface area (Å²) in [4.78, 5) is 11.6. The maximum Gasteiger partial charge on any atom is 0.151 e. The molecule has 6 heteroatoms. The van der Waals surface area contributed by atoms with E-state index in [1.165, 1.54) is 18.9 Å². The number of benzene rings is 1. The molecule has 1 unspecified atom stereocenters. The molecule has 0 saturated carbocycles. The lowest BCUT2D eigenvalue weighted by molar-refractivity contribution is 0.140. The van der Waals surface area contributed by atoms with Crippen LogP contribution in [0.3, 0.4) is 0 Å². The number of fused-ring (bicyclic) bond motifs is 1. The van der Waals surface area contributed by atoms with Gasteiger partial charge in [-0.05, 0) is 51.0 Å². The van der Waals surface area contributed by atoms with Crippen LogP contribution in [0.25, 0.3) is 22.4 Å². The van der Waals surface area contributed by atoms with Gasteiger partial charge < -0.3 is 14.2 Å². The molecule has 1 atom stereocenters. The number of halogens is 1. The van der Waals surface area contributed by atoms with E-state index < -0.39 is 0 Å². The van der Waals surface area contributed by atoms with Gasteiger partial charge in [-0.15, -0.1) is 0 Å². The van der Waals surface area contributed by atoms with Gasteiger partial charge in [0.05, 0.1) is 12.1 Å². The summed E-state index contributed by atoms with van der Waals surface area (Å²) in [6.07, 6.45) is 4.25. The summed E-state index contributed by atoms with van der Waals surface area (Å²) in [7, 11) is 0. The van der Waals surface area contributed by atoms with Gasteiger partial charge in [0, 0.05) is 37.5 Å². The van der Waals surface area contributed by atoms with Crippen molar-refractivity contribution in [1.29, 1.82) is 0 Å². The summed E-state index contributed by atoms with van der Waals surface area (Å²) in [5, 5.41) is 0. The van der Waals surface area contributed by atoms with Crippen LogP contribution in [0.5, 0.6) is 0 Å². The fourth-order valence-electron chi connectivity index (χ4n) is 3.82. The van der Waals surface area contributed by atoms with E-state index in [9.17, 15) is 4.39 Å². The quantitative estimate of drug-likeness (QED) is 0.610. The van der Waals surface area contributed by atoms with Crippen LogP contribution in [-0.2, 0) is 11.3 Å². The Bertz CT molecular complexity index is 922. The lowest BCUT2D eigenvalue weighted by Gasteiger charge is -2.22. The molecule has 0 bridgehead atoms. The number of hydrogen-bond donors (Lipinski definition) is 0. The van der Waals surface area contributed by atoms with Crippen molar-refractivity contribution in [3.8, 4) is 11.4 Å². The van der Waals surface area contributed by atoms with E-state index in [-0.39, 0.29) is 5.82 Å². The number of hydrogen-bond acceptors (Lipinski definition) is 4. The zero-order chi connectivity index (χ0) is 18.8. The summed E-state index contributed by atoms with van der Waals surface area (Å²) in [5.74, 6) is 1.41. The molecule has 1 fully saturated rings. The zero-order valence-electron chi connectivity index (χ0n) is 15.9. The molecule has 0 amide bonds. The van der Waals surface area contributed by atoms with Gasteiger partial charge in [-0.25, -0.2) is 14.4 Å². The Morgan fingerprint density at radius 1 is 1.26 bits per heavy atom. The van der Waals surface area contributed by atoms with Gasteiger partial charge in [0.15, 0.2) is 5.82 Å². The van der Waals surface area contributed by atoms with Gasteiger partial charge in [0.1, 0.15) is 17.2 Å². The SMILES string of the molecule is CCOCCn1c(-c2ccc(N3CCCC3C)nc2)nc2c(F)cccc21. The lowest BCUT2D eigenvalue weighted by atomic mass is 10.2. The van der Waals surface area contributed by atoms with Crippen LogP contribution < -0.4 is 4.90 Å². The van der Waals surface area contributed by atoms with E-state index in [4.69, 9.17) is 4.74 Å². The molecule has 27 heavy (non-hydrogen) atoms. The van der Waals surface area contributed by atoms with E-state index in [0.717, 1.165) is 29.3 Å². The molecule has 1 aliphatic heterocycles. The predicted octanol–water partition coefficient (Wildman–Crippen LogP) is 4.26. The van der Waals surface area contributed by atoms with Gasteiger partial charge in [0.25, 0.3) is 0 Å². The Morgan fingerprint density at radius 3 is 2.85 bits per heavy atom. The highest BCUT2D eigenvalue weighted by Gasteiger charge is 2.22. The van der Waals surface area contributed by atoms with E-state index in [1.807, 2.05) is 35.9 Å². The van der Waals surface area contributed by atoms with Crippen LogP contribution in [-0.4, -0.2) is 40.3 Å². The topological polar surface area (TPSA) is 43.2 Å². The molecule has 3 aromatic rings. The first-order valence-electron chi connectivity index (χ1n) is 9.64. The van der Waals surface area contributed by atoms with Gasteiger partial charge in [-0.2, -0.15) is 0 Å². The Morgan fingerprint density at radius 2 is 2.15 bits per heavy atom. The molecule has 3 heterocycles. The van der Waals surface area contributed by atoms with Crippen LogP contribution in [0.15, 0.2) is 36.5 Å². The van der Waals surface area contributed by atoms with E-state index >= 15 is 0 Å². The Hall–Kier alpha value is -2.47. The number of rotatable bonds is 6. The first-order chi connectivity index (χ1) is 13.2. The van der Waals surface area contributed by atoms with Crippen molar-refractivity contribution in [3.63, 3.8) is 0 Å². The predicted molar refractivity (Wildman–Crippen MR) is 105 cm³/mol. The summed E-state index contributed by atoms with van der Waals surface area (Å²) >= 11 is 0. The molecule has 1 saturated heterocycles. The van der Waals surface area contributed by atoms with Crippen LogP contribution in [0.4, 0.5) is 10.2 Å². The third-order valence-corrected chi connectivity index (χ3v) is 5.25. The third kappa shape index (κ3) is 3.41. The number of aromatic nitrogens is 3. The molecule has 5 nitrogen and oxygen atoms in total. The highest BCUT2D eigenvalue weighted by atomic mass is 19.1. The zero-order valence-corrected chi connectivity index (χ0v) is 15.9. The summed E-state index contributed by atoms with van der Waals surface area (Å²) < 4.78 is 21.8. The van der Waals surface area contributed by atoms with Crippen molar-refractivity contribution >= 4 is 16.9 Å². The third-order valence-electron chi connectivity index (χ3n) is 5.25. The number of para-hydroxylation sites is 1. The molecule has 1 aromatic carbocycles. The second kappa shape index (κ2) is 7.64. The fraction of sp³-hybridized carbons (Fsp3) is 0.429. The van der Waals surface area contributed by atoms with E-state index in [0.29, 0.717) is 31.3 Å². The summed E-state index contributed by atoms with van der Waals surface area (Å²) in [5.41, 5.74) is 2.06. The van der Waals surface area contributed by atoms with Gasteiger partial charge in [-0.1, -0.05) is 6.07 Å². The average Bonchev–Trinajstić information content (AvgIpc) is 3.27. The lowest BCUT2D eigenvalue weighted by Crippen LogP contribution is -2.26. The highest BCUT2D eigenvalue weighted by molar-refractivity contribution is 5.81. The first kappa shape index (κ1) is 17.9. The Balaban J connectivity index is 1.71. The van der Waals surface area contributed by atoms with Crippen molar-refractivity contribution in [3.05, 3.63) is 42.3 Å². The number of nitrogens with zero attached hydrogens (tertiary/aromatic N) is 4. The maximum absolute atomic E-state index is 14.3. The molecule has 0 aliphatic carbocycles. The highest BCUT2D eigenvalue weighted by Crippen LogP contribution is 2.28. The molecule has 1 aliphatic rings. The fourth-order valence-corrected chi connectivity index (χ4v) is 3.82. The van der Waals surface area contributed by atoms with E-state index in [2.05, 4.69) is 21.8 Å². The average molecular weight is 368 g/mol. The van der Waals surface area contributed by atoms with Crippen molar-refractivity contribution in [1.82, 2.24) is 14.5 Å². The molecular formula is C21H25FN4O. The van der Waals surface area contributed by atoms with Gasteiger partial charge in [0.2, 0.25) is 0 Å². The molecule has 142 valence electrons. The largest absolute Gasteiger partial charge is 0.380 e. The van der Waals surface area contributed by atoms with Gasteiger partial charge in [-0.3, -0.25) is 0 Å². The van der Waals surface area contributed by atoms with Crippen molar-refractivity contribution in [2.45, 2.75) is 39.3 Å². The van der Waals surface area contributed by atoms with Crippen LogP contribution in [0.2, 0.25) is 0 Å². The van der Waals surface area contributed by atoms with Crippen LogP contribution >= 0.6 is 0 Å². The minimum atomic E-state index is -0.306. The van der Waals surface area contributed by atoms with Crippen molar-refractivity contribution < 1.29 is 9.13 Å². The summed E-state index contributed by atoms with van der Waals surface area (Å²) in [6.45, 7) is 7.08. The monoisotopic (exact) mass is 368 g/mol. The van der Waals surface area contributed by atoms with E-state index in [1.54, 1.807) is 6.07 Å². The Labute approximate surface area is 158 Å². The molecule has 0 N–H and O–H groups in total. The number of pyridine rings is 1. The smallest absolute Gasteiger partial charge is 0.151 e. The van der Waals surface area contributed by atoms with Crippen LogP contribution in [0.1, 0.15) is 26.7 Å². The second-order valence-corrected chi connectivity index (χ2v) is 6.98. The van der Waals surface area contributed by atoms with Crippen molar-refractivity contribution in [2.24, 2.45) is 0 Å². The maximum atomic E-state index is 14.3. The molecule has 2 aromatic heterocycles. The summed E-state index contributed by atoms with van der Waals surface area (Å²) in [6, 6.07) is 9.66. The molecular weight excluding hydrogens is 343 g/mol. The van der Waals surface area contributed by atoms with Gasteiger partial charge >= 0.3 is 0 Å². The second-order valence-electron chi connectivity index (χ2n) is 6.98. The standard InChI is InChI=1S/C21H25FN4O/c1-3-27-13-12-26-18-8-4-7-17(22)20(18)24-21(26)16-9-10-19(23-14-16)25-11-5-6-15(25)2/h4,7-10,14-15H,3,5-6,11-13H2,1-2H3.